The molecule has 2 heterocycles. The third kappa shape index (κ3) is 7.75. The van der Waals surface area contributed by atoms with Crippen LogP contribution in [0.5, 0.6) is 0 Å². The molecule has 0 aliphatic carbocycles. The van der Waals surface area contributed by atoms with Crippen molar-refractivity contribution in [1.29, 1.82) is 0 Å². The maximum absolute atomic E-state index is 12.6. The Kier molecular flexibility index (Phi) is 12.9. The minimum absolute atomic E-state index is 0. The van der Waals surface area contributed by atoms with E-state index in [-0.39, 0.29) is 44.2 Å². The first-order chi connectivity index (χ1) is 14.6. The van der Waals surface area contributed by atoms with Crippen LogP contribution in [-0.4, -0.2) is 60.4 Å². The highest BCUT2D eigenvalue weighted by Crippen LogP contribution is 2.19. The second kappa shape index (κ2) is 14.5. The normalized spacial score (nSPS) is 19.1. The van der Waals surface area contributed by atoms with Gasteiger partial charge in [-0.2, -0.15) is 0 Å². The average molecular weight is 469 g/mol. The molecule has 0 radical (unpaired) electrons. The van der Waals surface area contributed by atoms with Gasteiger partial charge in [-0.1, -0.05) is 34.1 Å². The van der Waals surface area contributed by atoms with Gasteiger partial charge < -0.3 is 9.47 Å². The summed E-state index contributed by atoms with van der Waals surface area (Å²) in [7, 11) is 0. The van der Waals surface area contributed by atoms with Gasteiger partial charge in [0.2, 0.25) is 0 Å². The Labute approximate surface area is 200 Å². The number of likely N-dealkylation sites (tertiary alicyclic amines) is 2. The number of ether oxygens (including phenoxy) is 2. The highest BCUT2D eigenvalue weighted by atomic mass is 35.5. The molecule has 0 spiro atoms. The average Bonchev–Trinajstić information content (AvgIpc) is 2.81. The van der Waals surface area contributed by atoms with Crippen LogP contribution in [0, 0.1) is 0 Å². The summed E-state index contributed by atoms with van der Waals surface area (Å²) in [5, 5.41) is 0. The van der Waals surface area contributed by atoms with Crippen molar-refractivity contribution < 1.29 is 19.1 Å². The van der Waals surface area contributed by atoms with Crippen LogP contribution < -0.4 is 0 Å². The molecule has 0 saturated carbocycles. The quantitative estimate of drug-likeness (QED) is 0.469. The van der Waals surface area contributed by atoms with E-state index in [0.717, 1.165) is 64.7 Å². The van der Waals surface area contributed by atoms with E-state index in [1.165, 1.54) is 12.8 Å². The molecule has 7 heteroatoms. The van der Waals surface area contributed by atoms with Gasteiger partial charge in [0.15, 0.2) is 12.5 Å². The van der Waals surface area contributed by atoms with Gasteiger partial charge in [-0.25, -0.2) is 9.59 Å². The third-order valence-electron chi connectivity index (χ3n) is 6.14. The highest BCUT2D eigenvalue weighted by Gasteiger charge is 2.25. The maximum atomic E-state index is 12.6. The summed E-state index contributed by atoms with van der Waals surface area (Å²) in [6.07, 6.45) is 8.28. The van der Waals surface area contributed by atoms with Crippen LogP contribution >= 0.6 is 12.4 Å². The van der Waals surface area contributed by atoms with Gasteiger partial charge in [-0.05, 0) is 62.8 Å². The molecular formula is C25H41ClN2O4. The summed E-state index contributed by atoms with van der Waals surface area (Å²) >= 11 is 0. The molecule has 2 unspecified atom stereocenters. The number of piperidine rings is 2. The third-order valence-corrected chi connectivity index (χ3v) is 6.14. The van der Waals surface area contributed by atoms with Crippen molar-refractivity contribution >= 4 is 24.3 Å². The Hall–Kier alpha value is -1.63. The second-order valence-corrected chi connectivity index (χ2v) is 8.31. The van der Waals surface area contributed by atoms with Crippen LogP contribution in [0.15, 0.2) is 24.3 Å². The fraction of sp³-hybridized carbons (Fsp3) is 0.680. The summed E-state index contributed by atoms with van der Waals surface area (Å²) in [5.74, 6) is -0.681. The minimum Gasteiger partial charge on any atom is -0.443 e. The zero-order valence-electron chi connectivity index (χ0n) is 18.9. The topological polar surface area (TPSA) is 59.1 Å². The van der Waals surface area contributed by atoms with Crippen LogP contribution in [0.2, 0.25) is 0 Å². The highest BCUT2D eigenvalue weighted by molar-refractivity contribution is 5.93. The Balaban J connectivity index is 0.00000256. The van der Waals surface area contributed by atoms with Crippen molar-refractivity contribution in [2.45, 2.75) is 85.1 Å². The molecule has 2 fully saturated rings. The fourth-order valence-corrected chi connectivity index (χ4v) is 4.37. The van der Waals surface area contributed by atoms with Crippen LogP contribution in [0.4, 0.5) is 0 Å². The first-order valence-corrected chi connectivity index (χ1v) is 11.6. The predicted molar refractivity (Wildman–Crippen MR) is 130 cm³/mol. The number of carbonyl (C=O) groups is 2. The summed E-state index contributed by atoms with van der Waals surface area (Å²) in [6.45, 7) is 7.99. The smallest absolute Gasteiger partial charge is 0.339 e. The number of carbonyl (C=O) groups excluding carboxylic acids is 2. The van der Waals surface area contributed by atoms with Gasteiger partial charge >= 0.3 is 11.9 Å². The summed E-state index contributed by atoms with van der Waals surface area (Å²) in [4.78, 5) is 29.7. The van der Waals surface area contributed by atoms with Gasteiger partial charge in [0.25, 0.3) is 0 Å². The standard InChI is InChI=1S/C24H36N2O4.CH4.ClH/c1-3-21(25-15-7-5-8-16-25)29-23(27)19-11-13-20(14-12-19)24(28)30-22(4-2)26-17-9-6-10-18-26;;/h11-14,21-22H,3-10,15-18H2,1-2H3;1H4;1H. The number of esters is 2. The molecule has 2 aliphatic rings. The molecule has 1 aromatic carbocycles. The van der Waals surface area contributed by atoms with E-state index in [9.17, 15) is 9.59 Å². The van der Waals surface area contributed by atoms with Crippen molar-refractivity contribution in [1.82, 2.24) is 9.80 Å². The SMILES string of the molecule is C.CCC(OC(=O)c1ccc(C(=O)OC(CC)N2CCCCC2)cc1)N1CCCCC1.Cl. The lowest BCUT2D eigenvalue weighted by atomic mass is 10.1. The molecule has 2 aliphatic heterocycles. The van der Waals surface area contributed by atoms with Crippen molar-refractivity contribution in [2.24, 2.45) is 0 Å². The first-order valence-electron chi connectivity index (χ1n) is 11.6. The van der Waals surface area contributed by atoms with Gasteiger partial charge in [-0.15, -0.1) is 12.4 Å². The van der Waals surface area contributed by atoms with E-state index in [0.29, 0.717) is 11.1 Å². The molecule has 1 aromatic rings. The lowest BCUT2D eigenvalue weighted by Gasteiger charge is -2.33. The van der Waals surface area contributed by atoms with Crippen molar-refractivity contribution in [3.05, 3.63) is 35.4 Å². The Morgan fingerprint density at radius 2 is 1.03 bits per heavy atom. The van der Waals surface area contributed by atoms with Crippen LogP contribution in [0.1, 0.15) is 93.4 Å². The zero-order valence-corrected chi connectivity index (χ0v) is 19.7. The monoisotopic (exact) mass is 468 g/mol. The van der Waals surface area contributed by atoms with Crippen molar-refractivity contribution in [3.63, 3.8) is 0 Å². The summed E-state index contributed by atoms with van der Waals surface area (Å²) < 4.78 is 11.5. The molecule has 182 valence electrons. The van der Waals surface area contributed by atoms with Crippen molar-refractivity contribution in [2.75, 3.05) is 26.2 Å². The number of hydrogen-bond acceptors (Lipinski definition) is 6. The second-order valence-electron chi connectivity index (χ2n) is 8.31. The van der Waals surface area contributed by atoms with Gasteiger partial charge in [-0.3, -0.25) is 9.80 Å². The summed E-state index contributed by atoms with van der Waals surface area (Å²) in [5.41, 5.74) is 0.926. The number of benzene rings is 1. The van der Waals surface area contributed by atoms with E-state index >= 15 is 0 Å². The number of hydrogen-bond donors (Lipinski definition) is 0. The lowest BCUT2D eigenvalue weighted by Crippen LogP contribution is -2.41. The van der Waals surface area contributed by atoms with Gasteiger partial charge in [0.1, 0.15) is 0 Å². The largest absolute Gasteiger partial charge is 0.443 e. The lowest BCUT2D eigenvalue weighted by molar-refractivity contribution is -0.0419. The predicted octanol–water partition coefficient (Wildman–Crippen LogP) is 5.50. The van der Waals surface area contributed by atoms with E-state index in [1.54, 1.807) is 24.3 Å². The summed E-state index contributed by atoms with van der Waals surface area (Å²) in [6, 6.07) is 6.63. The van der Waals surface area contributed by atoms with E-state index < -0.39 is 0 Å². The molecule has 2 atom stereocenters. The molecule has 3 rings (SSSR count). The molecule has 32 heavy (non-hydrogen) atoms. The number of rotatable bonds is 8. The van der Waals surface area contributed by atoms with Gasteiger partial charge in [0, 0.05) is 26.2 Å². The molecule has 6 nitrogen and oxygen atoms in total. The number of halogens is 1. The van der Waals surface area contributed by atoms with Crippen LogP contribution in [0.25, 0.3) is 0 Å². The molecular weight excluding hydrogens is 428 g/mol. The fourth-order valence-electron chi connectivity index (χ4n) is 4.37. The van der Waals surface area contributed by atoms with E-state index in [2.05, 4.69) is 9.80 Å². The minimum atomic E-state index is -0.341. The molecule has 2 saturated heterocycles. The van der Waals surface area contributed by atoms with Crippen molar-refractivity contribution in [3.8, 4) is 0 Å². The first kappa shape index (κ1) is 28.4. The molecule has 0 aromatic heterocycles. The number of nitrogens with zero attached hydrogens (tertiary/aromatic N) is 2. The Morgan fingerprint density at radius 3 is 1.31 bits per heavy atom. The maximum Gasteiger partial charge on any atom is 0.339 e. The van der Waals surface area contributed by atoms with Crippen LogP contribution in [-0.2, 0) is 9.47 Å². The Morgan fingerprint density at radius 1 is 0.719 bits per heavy atom. The molecule has 0 amide bonds. The van der Waals surface area contributed by atoms with E-state index in [4.69, 9.17) is 9.47 Å². The van der Waals surface area contributed by atoms with Gasteiger partial charge in [0.05, 0.1) is 11.1 Å². The molecule has 0 bridgehead atoms. The Bertz CT molecular complexity index is 627. The molecule has 0 N–H and O–H groups in total. The zero-order chi connectivity index (χ0) is 21.3. The van der Waals surface area contributed by atoms with Crippen LogP contribution in [0.3, 0.4) is 0 Å². The van der Waals surface area contributed by atoms with E-state index in [1.807, 2.05) is 13.8 Å².